The number of hydrogen-bond donors (Lipinski definition) is 1. The fourth-order valence-electron chi connectivity index (χ4n) is 4.45. The number of nitrogens with zero attached hydrogens (tertiary/aromatic N) is 3. The van der Waals surface area contributed by atoms with Crippen LogP contribution in [0.2, 0.25) is 0 Å². The number of fused-ring (bicyclic) bond motifs is 2. The molecule has 1 unspecified atom stereocenters. The second-order valence-corrected chi connectivity index (χ2v) is 8.39. The molecular formula is C21H24F3N3O3. The minimum atomic E-state index is -4.89. The van der Waals surface area contributed by atoms with E-state index in [-0.39, 0.29) is 30.3 Å². The van der Waals surface area contributed by atoms with Crippen molar-refractivity contribution in [1.82, 2.24) is 15.0 Å². The summed E-state index contributed by atoms with van der Waals surface area (Å²) in [6.45, 7) is 3.36. The Morgan fingerprint density at radius 2 is 2.00 bits per heavy atom. The van der Waals surface area contributed by atoms with Crippen LogP contribution in [0.15, 0.2) is 28.8 Å². The van der Waals surface area contributed by atoms with Gasteiger partial charge in [-0.15, -0.1) is 0 Å². The summed E-state index contributed by atoms with van der Waals surface area (Å²) in [7, 11) is 1.89. The Bertz CT molecular complexity index is 970. The predicted molar refractivity (Wildman–Crippen MR) is 101 cm³/mol. The van der Waals surface area contributed by atoms with Gasteiger partial charge in [0.15, 0.2) is 5.76 Å². The average Bonchev–Trinajstić information content (AvgIpc) is 3.12. The largest absolute Gasteiger partial charge is 0.422 e. The number of carbonyl (C=O) groups excluding carboxylic acids is 1. The minimum absolute atomic E-state index is 0.0198. The first-order valence-electron chi connectivity index (χ1n) is 9.87. The van der Waals surface area contributed by atoms with E-state index in [0.29, 0.717) is 6.92 Å². The Kier molecular flexibility index (Phi) is 4.93. The number of halogens is 3. The lowest BCUT2D eigenvalue weighted by Crippen LogP contribution is -2.47. The zero-order chi connectivity index (χ0) is 21.8. The van der Waals surface area contributed by atoms with Crippen LogP contribution >= 0.6 is 0 Å². The van der Waals surface area contributed by atoms with Crippen LogP contribution in [-0.4, -0.2) is 52.3 Å². The third-order valence-electron chi connectivity index (χ3n) is 6.21. The summed E-state index contributed by atoms with van der Waals surface area (Å²) in [4.78, 5) is 17.0. The van der Waals surface area contributed by atoms with Gasteiger partial charge in [0.05, 0.1) is 6.54 Å². The van der Waals surface area contributed by atoms with E-state index in [1.807, 2.05) is 36.2 Å². The van der Waals surface area contributed by atoms with Gasteiger partial charge in [0.1, 0.15) is 11.7 Å². The van der Waals surface area contributed by atoms with Crippen molar-refractivity contribution < 1.29 is 27.6 Å². The highest BCUT2D eigenvalue weighted by atomic mass is 19.4. The Morgan fingerprint density at radius 3 is 2.70 bits per heavy atom. The summed E-state index contributed by atoms with van der Waals surface area (Å²) < 4.78 is 45.2. The van der Waals surface area contributed by atoms with Crippen LogP contribution < -0.4 is 0 Å². The van der Waals surface area contributed by atoms with Crippen LogP contribution in [0.25, 0.3) is 0 Å². The summed E-state index contributed by atoms with van der Waals surface area (Å²) in [5.41, 5.74) is -1.33. The fraction of sp³-hybridized carbons (Fsp3) is 0.524. The maximum absolute atomic E-state index is 13.4. The number of aromatic nitrogens is 1. The van der Waals surface area contributed by atoms with Crippen LogP contribution in [-0.2, 0) is 23.4 Å². The standard InChI is InChI=1S/C21H24F3N3O3/c1-12-10-27(11-15-16(12)18(25-30-15)20(2,29)21(22,23)24)19(28)17-14-7-5-4-6-13(14)8-9-26(17)3/h4-7,12,17,29H,8-11H2,1-3H3/t12-,17-,20?/m0/s1. The van der Waals surface area contributed by atoms with Crippen LogP contribution in [0.1, 0.15) is 54.0 Å². The van der Waals surface area contributed by atoms with Gasteiger partial charge in [-0.3, -0.25) is 9.69 Å². The van der Waals surface area contributed by atoms with E-state index in [2.05, 4.69) is 5.16 Å². The van der Waals surface area contributed by atoms with Gasteiger partial charge in [-0.25, -0.2) is 0 Å². The molecule has 0 saturated heterocycles. The van der Waals surface area contributed by atoms with Gasteiger partial charge >= 0.3 is 6.18 Å². The zero-order valence-electron chi connectivity index (χ0n) is 17.0. The van der Waals surface area contributed by atoms with Crippen LogP contribution in [0.3, 0.4) is 0 Å². The second-order valence-electron chi connectivity index (χ2n) is 8.39. The molecule has 0 spiro atoms. The summed E-state index contributed by atoms with van der Waals surface area (Å²) in [6, 6.07) is 7.35. The van der Waals surface area contributed by atoms with E-state index in [4.69, 9.17) is 4.52 Å². The first kappa shape index (κ1) is 20.9. The maximum atomic E-state index is 13.4. The lowest BCUT2D eigenvalue weighted by atomic mass is 9.86. The predicted octanol–water partition coefficient (Wildman–Crippen LogP) is 3.12. The van der Waals surface area contributed by atoms with E-state index < -0.39 is 29.4 Å². The van der Waals surface area contributed by atoms with Gasteiger partial charge < -0.3 is 14.5 Å². The first-order valence-corrected chi connectivity index (χ1v) is 9.87. The van der Waals surface area contributed by atoms with E-state index >= 15 is 0 Å². The monoisotopic (exact) mass is 423 g/mol. The number of likely N-dealkylation sites (N-methyl/N-ethyl adjacent to an activating group) is 1. The Labute approximate surface area is 172 Å². The fourth-order valence-corrected chi connectivity index (χ4v) is 4.45. The molecule has 3 atom stereocenters. The molecule has 0 saturated carbocycles. The van der Waals surface area contributed by atoms with Crippen molar-refractivity contribution in [1.29, 1.82) is 0 Å². The molecule has 162 valence electrons. The number of aliphatic hydroxyl groups is 1. The Hall–Kier alpha value is -2.39. The molecule has 2 aliphatic heterocycles. The van der Waals surface area contributed by atoms with E-state index in [1.54, 1.807) is 11.8 Å². The number of hydrogen-bond acceptors (Lipinski definition) is 5. The molecule has 0 fully saturated rings. The normalized spacial score (nSPS) is 24.2. The molecule has 2 aromatic rings. The van der Waals surface area contributed by atoms with Gasteiger partial charge in [-0.2, -0.15) is 13.2 Å². The highest BCUT2D eigenvalue weighted by Gasteiger charge is 2.55. The number of benzene rings is 1. The van der Waals surface area contributed by atoms with Gasteiger partial charge in [-0.05, 0) is 31.5 Å². The summed E-state index contributed by atoms with van der Waals surface area (Å²) in [5.74, 6) is -0.395. The molecule has 3 heterocycles. The van der Waals surface area contributed by atoms with Crippen molar-refractivity contribution in [2.45, 2.75) is 50.6 Å². The van der Waals surface area contributed by atoms with Gasteiger partial charge in [0, 0.05) is 24.6 Å². The zero-order valence-corrected chi connectivity index (χ0v) is 17.0. The summed E-state index contributed by atoms with van der Waals surface area (Å²) in [6.07, 6.45) is -4.03. The van der Waals surface area contributed by atoms with Crippen molar-refractivity contribution in [3.8, 4) is 0 Å². The molecule has 30 heavy (non-hydrogen) atoms. The molecule has 4 rings (SSSR count). The van der Waals surface area contributed by atoms with Crippen molar-refractivity contribution >= 4 is 5.91 Å². The van der Waals surface area contributed by atoms with Gasteiger partial charge in [0.2, 0.25) is 11.5 Å². The molecule has 0 aliphatic carbocycles. The first-order chi connectivity index (χ1) is 14.0. The van der Waals surface area contributed by atoms with Crippen molar-refractivity contribution in [3.05, 3.63) is 52.4 Å². The second kappa shape index (κ2) is 7.09. The molecular weight excluding hydrogens is 399 g/mol. The number of amides is 1. The third kappa shape index (κ3) is 3.20. The van der Waals surface area contributed by atoms with Crippen LogP contribution in [0.4, 0.5) is 13.2 Å². The summed E-state index contributed by atoms with van der Waals surface area (Å²) >= 11 is 0. The maximum Gasteiger partial charge on any atom is 0.422 e. The highest BCUT2D eigenvalue weighted by molar-refractivity contribution is 5.84. The molecule has 2 aliphatic rings. The lowest BCUT2D eigenvalue weighted by Gasteiger charge is -2.39. The average molecular weight is 423 g/mol. The molecule has 1 N–H and O–H groups in total. The minimum Gasteiger partial charge on any atom is -0.375 e. The molecule has 6 nitrogen and oxygen atoms in total. The van der Waals surface area contributed by atoms with Crippen LogP contribution in [0, 0.1) is 0 Å². The lowest BCUT2D eigenvalue weighted by molar-refractivity contribution is -0.261. The smallest absolute Gasteiger partial charge is 0.375 e. The molecule has 0 radical (unpaired) electrons. The topological polar surface area (TPSA) is 69.8 Å². The third-order valence-corrected chi connectivity index (χ3v) is 6.21. The number of alkyl halides is 3. The quantitative estimate of drug-likeness (QED) is 0.804. The van der Waals surface area contributed by atoms with Gasteiger partial charge in [0.25, 0.3) is 0 Å². The molecule has 0 bridgehead atoms. The van der Waals surface area contributed by atoms with E-state index in [9.17, 15) is 23.1 Å². The Morgan fingerprint density at radius 1 is 1.30 bits per heavy atom. The van der Waals surface area contributed by atoms with Crippen molar-refractivity contribution in [2.75, 3.05) is 20.1 Å². The molecule has 9 heteroatoms. The van der Waals surface area contributed by atoms with Crippen molar-refractivity contribution in [3.63, 3.8) is 0 Å². The highest BCUT2D eigenvalue weighted by Crippen LogP contribution is 2.44. The molecule has 1 aromatic heterocycles. The van der Waals surface area contributed by atoms with Crippen molar-refractivity contribution in [2.24, 2.45) is 0 Å². The molecule has 1 amide bonds. The molecule has 1 aromatic carbocycles. The number of carbonyl (C=O) groups is 1. The SMILES string of the molecule is C[C@H]1CN(C(=O)[C@@H]2c3ccccc3CCN2C)Cc2onc(C(C)(O)C(F)(F)F)c21. The summed E-state index contributed by atoms with van der Waals surface area (Å²) in [5, 5.41) is 13.6. The van der Waals surface area contributed by atoms with Crippen LogP contribution in [0.5, 0.6) is 0 Å². The van der Waals surface area contributed by atoms with E-state index in [1.165, 1.54) is 0 Å². The Balaban J connectivity index is 1.64. The van der Waals surface area contributed by atoms with E-state index in [0.717, 1.165) is 24.1 Å². The number of rotatable bonds is 2. The van der Waals surface area contributed by atoms with Gasteiger partial charge in [-0.1, -0.05) is 36.3 Å².